The molecule has 0 radical (unpaired) electrons. The maximum atomic E-state index is 12.3. The molecule has 1 fully saturated rings. The summed E-state index contributed by atoms with van der Waals surface area (Å²) in [6.07, 6.45) is 1.96. The Labute approximate surface area is 136 Å². The van der Waals surface area contributed by atoms with Crippen LogP contribution in [0.2, 0.25) is 0 Å². The third-order valence-electron chi connectivity index (χ3n) is 4.69. The average molecular weight is 328 g/mol. The van der Waals surface area contributed by atoms with Crippen LogP contribution in [-0.4, -0.2) is 50.9 Å². The van der Waals surface area contributed by atoms with Crippen LogP contribution in [0.4, 0.5) is 8.78 Å². The van der Waals surface area contributed by atoms with Crippen molar-refractivity contribution >= 4 is 0 Å². The maximum Gasteiger partial charge on any atom is 0.387 e. The van der Waals surface area contributed by atoms with Crippen molar-refractivity contribution in [2.24, 2.45) is 0 Å². The number of nitrogens with one attached hydrogen (secondary N) is 1. The summed E-state index contributed by atoms with van der Waals surface area (Å²) in [7, 11) is 4.18. The highest BCUT2D eigenvalue weighted by molar-refractivity contribution is 5.30. The van der Waals surface area contributed by atoms with Crippen LogP contribution in [0.3, 0.4) is 0 Å². The van der Waals surface area contributed by atoms with Crippen LogP contribution < -0.4 is 10.1 Å². The van der Waals surface area contributed by atoms with Gasteiger partial charge in [0, 0.05) is 31.3 Å². The molecule has 1 aromatic carbocycles. The van der Waals surface area contributed by atoms with Gasteiger partial charge in [-0.1, -0.05) is 12.1 Å². The van der Waals surface area contributed by atoms with E-state index in [2.05, 4.69) is 29.0 Å². The first-order chi connectivity index (χ1) is 10.9. The summed E-state index contributed by atoms with van der Waals surface area (Å²) in [5.74, 6) is 0.194. The van der Waals surface area contributed by atoms with Crippen LogP contribution in [0.15, 0.2) is 24.3 Å². The Balaban J connectivity index is 1.99. The van der Waals surface area contributed by atoms with Crippen molar-refractivity contribution in [3.8, 4) is 5.75 Å². The SMILES string of the molecule is CC(NCC1(N(C)C)CCOCC1)c1cccc(OC(F)F)c1. The van der Waals surface area contributed by atoms with Crippen molar-refractivity contribution in [2.45, 2.75) is 38.0 Å². The molecule has 23 heavy (non-hydrogen) atoms. The molecule has 1 unspecified atom stereocenters. The first-order valence-electron chi connectivity index (χ1n) is 7.96. The molecule has 0 bridgehead atoms. The molecule has 130 valence electrons. The molecule has 1 atom stereocenters. The normalized spacial score (nSPS) is 19.1. The van der Waals surface area contributed by atoms with Gasteiger partial charge < -0.3 is 19.7 Å². The third kappa shape index (κ3) is 4.86. The third-order valence-corrected chi connectivity index (χ3v) is 4.69. The summed E-state index contributed by atoms with van der Waals surface area (Å²) < 4.78 is 34.6. The van der Waals surface area contributed by atoms with Gasteiger partial charge in [-0.3, -0.25) is 0 Å². The molecule has 1 saturated heterocycles. The molecule has 0 spiro atoms. The lowest BCUT2D eigenvalue weighted by Gasteiger charge is -2.43. The van der Waals surface area contributed by atoms with E-state index in [9.17, 15) is 8.78 Å². The quantitative estimate of drug-likeness (QED) is 0.834. The minimum atomic E-state index is -2.80. The van der Waals surface area contributed by atoms with E-state index in [1.807, 2.05) is 13.0 Å². The van der Waals surface area contributed by atoms with Gasteiger partial charge >= 0.3 is 6.61 Å². The van der Waals surface area contributed by atoms with E-state index in [-0.39, 0.29) is 17.3 Å². The number of nitrogens with zero attached hydrogens (tertiary/aromatic N) is 1. The highest BCUT2D eigenvalue weighted by Crippen LogP contribution is 2.27. The Kier molecular flexibility index (Phi) is 6.33. The summed E-state index contributed by atoms with van der Waals surface area (Å²) in [5.41, 5.74) is 1.01. The van der Waals surface area contributed by atoms with Crippen molar-refractivity contribution in [2.75, 3.05) is 33.9 Å². The van der Waals surface area contributed by atoms with Gasteiger partial charge in [0.2, 0.25) is 0 Å². The molecule has 1 heterocycles. The summed E-state index contributed by atoms with van der Waals surface area (Å²) in [4.78, 5) is 2.26. The second-order valence-corrected chi connectivity index (χ2v) is 6.28. The molecule has 0 aliphatic carbocycles. The van der Waals surface area contributed by atoms with Gasteiger partial charge in [0.25, 0.3) is 0 Å². The summed E-state index contributed by atoms with van der Waals surface area (Å²) in [6, 6.07) is 6.91. The lowest BCUT2D eigenvalue weighted by Crippen LogP contribution is -2.55. The van der Waals surface area contributed by atoms with Crippen molar-refractivity contribution in [3.05, 3.63) is 29.8 Å². The second kappa shape index (κ2) is 8.04. The standard InChI is InChI=1S/C17H26F2N2O2/c1-13(14-5-4-6-15(11-14)23-16(18)19)20-12-17(21(2)3)7-9-22-10-8-17/h4-6,11,13,16,20H,7-10,12H2,1-3H3. The van der Waals surface area contributed by atoms with E-state index in [0.717, 1.165) is 38.2 Å². The zero-order valence-electron chi connectivity index (χ0n) is 14.0. The van der Waals surface area contributed by atoms with E-state index in [4.69, 9.17) is 4.74 Å². The molecule has 1 aromatic rings. The number of hydrogen-bond acceptors (Lipinski definition) is 4. The molecule has 4 nitrogen and oxygen atoms in total. The van der Waals surface area contributed by atoms with Gasteiger partial charge in [-0.25, -0.2) is 0 Å². The fourth-order valence-electron chi connectivity index (χ4n) is 2.95. The van der Waals surface area contributed by atoms with Crippen molar-refractivity contribution < 1.29 is 18.3 Å². The number of likely N-dealkylation sites (N-methyl/N-ethyl adjacent to an activating group) is 1. The fourth-order valence-corrected chi connectivity index (χ4v) is 2.95. The average Bonchev–Trinajstić information content (AvgIpc) is 2.53. The van der Waals surface area contributed by atoms with Gasteiger partial charge in [0.15, 0.2) is 0 Å². The Bertz CT molecular complexity index is 491. The number of ether oxygens (including phenoxy) is 2. The predicted octanol–water partition coefficient (Wildman–Crippen LogP) is 3.05. The van der Waals surface area contributed by atoms with E-state index in [1.54, 1.807) is 18.2 Å². The zero-order chi connectivity index (χ0) is 16.9. The van der Waals surface area contributed by atoms with Crippen molar-refractivity contribution in [3.63, 3.8) is 0 Å². The second-order valence-electron chi connectivity index (χ2n) is 6.28. The summed E-state index contributed by atoms with van der Waals surface area (Å²) in [6.45, 7) is 1.60. The minimum Gasteiger partial charge on any atom is -0.435 e. The predicted molar refractivity (Wildman–Crippen MR) is 86.0 cm³/mol. The van der Waals surface area contributed by atoms with Crippen molar-refractivity contribution in [1.29, 1.82) is 0 Å². The molecular weight excluding hydrogens is 302 g/mol. The van der Waals surface area contributed by atoms with E-state index in [1.165, 1.54) is 0 Å². The lowest BCUT2D eigenvalue weighted by atomic mass is 9.88. The fraction of sp³-hybridized carbons (Fsp3) is 0.647. The number of hydrogen-bond donors (Lipinski definition) is 1. The van der Waals surface area contributed by atoms with Gasteiger partial charge in [-0.15, -0.1) is 0 Å². The Morgan fingerprint density at radius 1 is 1.30 bits per heavy atom. The first kappa shape index (κ1) is 18.1. The topological polar surface area (TPSA) is 33.7 Å². The monoisotopic (exact) mass is 328 g/mol. The van der Waals surface area contributed by atoms with Crippen molar-refractivity contribution in [1.82, 2.24) is 10.2 Å². The van der Waals surface area contributed by atoms with Crippen LogP contribution in [0.1, 0.15) is 31.4 Å². The Hall–Kier alpha value is -1.24. The van der Waals surface area contributed by atoms with Crippen LogP contribution in [0.5, 0.6) is 5.75 Å². The van der Waals surface area contributed by atoms with E-state index >= 15 is 0 Å². The number of rotatable bonds is 7. The first-order valence-corrected chi connectivity index (χ1v) is 7.96. The van der Waals surface area contributed by atoms with Crippen LogP contribution in [0, 0.1) is 0 Å². The molecule has 6 heteroatoms. The van der Waals surface area contributed by atoms with Gasteiger partial charge in [-0.05, 0) is 51.6 Å². The van der Waals surface area contributed by atoms with Crippen LogP contribution >= 0.6 is 0 Å². The highest BCUT2D eigenvalue weighted by atomic mass is 19.3. The van der Waals surface area contributed by atoms with Crippen LogP contribution in [-0.2, 0) is 4.74 Å². The molecule has 1 aliphatic rings. The summed E-state index contributed by atoms with van der Waals surface area (Å²) >= 11 is 0. The number of alkyl halides is 2. The molecular formula is C17H26F2N2O2. The Morgan fingerprint density at radius 3 is 2.61 bits per heavy atom. The molecule has 1 aliphatic heterocycles. The molecule has 0 saturated carbocycles. The molecule has 1 N–H and O–H groups in total. The zero-order valence-corrected chi connectivity index (χ0v) is 14.0. The molecule has 0 amide bonds. The van der Waals surface area contributed by atoms with Gasteiger partial charge in [-0.2, -0.15) is 8.78 Å². The van der Waals surface area contributed by atoms with Gasteiger partial charge in [0.05, 0.1) is 0 Å². The Morgan fingerprint density at radius 2 is 2.00 bits per heavy atom. The number of halogens is 2. The smallest absolute Gasteiger partial charge is 0.387 e. The van der Waals surface area contributed by atoms with E-state index < -0.39 is 6.61 Å². The molecule has 0 aromatic heterocycles. The van der Waals surface area contributed by atoms with Crippen LogP contribution in [0.25, 0.3) is 0 Å². The minimum absolute atomic E-state index is 0.0518. The summed E-state index contributed by atoms with van der Waals surface area (Å²) in [5, 5.41) is 3.53. The largest absolute Gasteiger partial charge is 0.435 e. The molecule has 2 rings (SSSR count). The van der Waals surface area contributed by atoms with E-state index in [0.29, 0.717) is 0 Å². The van der Waals surface area contributed by atoms with Gasteiger partial charge in [0.1, 0.15) is 5.75 Å². The maximum absolute atomic E-state index is 12.3. The lowest BCUT2D eigenvalue weighted by molar-refractivity contribution is -0.0499. The highest BCUT2D eigenvalue weighted by Gasteiger charge is 2.34. The number of benzene rings is 1.